The summed E-state index contributed by atoms with van der Waals surface area (Å²) < 4.78 is 3.14. The molecule has 2 unspecified atom stereocenters. The smallest absolute Gasteiger partial charge is 0.266 e. The van der Waals surface area contributed by atoms with E-state index in [1.54, 1.807) is 30.3 Å². The van der Waals surface area contributed by atoms with Crippen molar-refractivity contribution in [2.75, 3.05) is 36.0 Å². The van der Waals surface area contributed by atoms with Gasteiger partial charge in [-0.3, -0.25) is 4.79 Å². The van der Waals surface area contributed by atoms with E-state index in [4.69, 9.17) is 0 Å². The lowest BCUT2D eigenvalue weighted by atomic mass is 10.0. The molecule has 9 heteroatoms. The molecule has 0 saturated carbocycles. The van der Waals surface area contributed by atoms with E-state index in [0.29, 0.717) is 11.8 Å². The summed E-state index contributed by atoms with van der Waals surface area (Å²) in [7, 11) is 1.69. The van der Waals surface area contributed by atoms with E-state index in [1.807, 2.05) is 24.4 Å². The minimum absolute atomic E-state index is 0.0823. The average molecular weight is 364 g/mol. The fourth-order valence-corrected chi connectivity index (χ4v) is 4.07. The highest BCUT2D eigenvalue weighted by molar-refractivity contribution is 5.46. The molecule has 138 valence electrons. The summed E-state index contributed by atoms with van der Waals surface area (Å²) in [4.78, 5) is 24.9. The lowest BCUT2D eigenvalue weighted by Gasteiger charge is -2.23. The van der Waals surface area contributed by atoms with Crippen LogP contribution in [0.5, 0.6) is 0 Å². The predicted molar refractivity (Wildman–Crippen MR) is 100 cm³/mol. The maximum Gasteiger partial charge on any atom is 0.266 e. The molecule has 2 atom stereocenters. The van der Waals surface area contributed by atoms with Gasteiger partial charge in [0.25, 0.3) is 5.56 Å². The Hall–Kier alpha value is -3.23. The van der Waals surface area contributed by atoms with Crippen molar-refractivity contribution in [3.63, 3.8) is 0 Å². The van der Waals surface area contributed by atoms with Gasteiger partial charge in [-0.2, -0.15) is 10.2 Å². The Kier molecular flexibility index (Phi) is 3.66. The monoisotopic (exact) mass is 364 g/mol. The first-order chi connectivity index (χ1) is 13.2. The number of rotatable bonds is 3. The molecule has 5 heterocycles. The quantitative estimate of drug-likeness (QED) is 0.662. The van der Waals surface area contributed by atoms with Gasteiger partial charge in [-0.25, -0.2) is 19.3 Å². The molecule has 27 heavy (non-hydrogen) atoms. The summed E-state index contributed by atoms with van der Waals surface area (Å²) in [5.41, 5.74) is -0.0823. The minimum Gasteiger partial charge on any atom is -0.356 e. The molecule has 3 aromatic heterocycles. The van der Waals surface area contributed by atoms with Crippen molar-refractivity contribution in [3.8, 4) is 5.82 Å². The largest absolute Gasteiger partial charge is 0.356 e. The van der Waals surface area contributed by atoms with Crippen LogP contribution in [0.15, 0.2) is 47.8 Å². The molecule has 2 fully saturated rings. The second-order valence-electron chi connectivity index (χ2n) is 7.17. The SMILES string of the molecule is Cn1nc(N2CC3CN(c4cc(-n5cccn5)ncn4)CC3C2)ccc1=O. The molecular formula is C18H20N8O. The summed E-state index contributed by atoms with van der Waals surface area (Å²) in [6.45, 7) is 3.82. The number of aryl methyl sites for hydroxylation is 1. The second kappa shape index (κ2) is 6.19. The molecule has 0 amide bonds. The number of nitrogens with zero attached hydrogens (tertiary/aromatic N) is 8. The molecule has 0 N–H and O–H groups in total. The van der Waals surface area contributed by atoms with Crippen LogP contribution in [0.2, 0.25) is 0 Å². The van der Waals surface area contributed by atoms with Crippen LogP contribution in [0.25, 0.3) is 5.82 Å². The van der Waals surface area contributed by atoms with E-state index < -0.39 is 0 Å². The highest BCUT2D eigenvalue weighted by atomic mass is 16.1. The van der Waals surface area contributed by atoms with Gasteiger partial charge in [-0.15, -0.1) is 0 Å². The van der Waals surface area contributed by atoms with Gasteiger partial charge in [0.05, 0.1) is 0 Å². The zero-order valence-corrected chi connectivity index (χ0v) is 15.0. The van der Waals surface area contributed by atoms with E-state index >= 15 is 0 Å². The van der Waals surface area contributed by atoms with Gasteiger partial charge in [0.15, 0.2) is 5.82 Å². The molecular weight excluding hydrogens is 344 g/mol. The van der Waals surface area contributed by atoms with Crippen LogP contribution in [-0.2, 0) is 7.05 Å². The summed E-state index contributed by atoms with van der Waals surface area (Å²) in [6.07, 6.45) is 5.22. The van der Waals surface area contributed by atoms with Gasteiger partial charge in [0.1, 0.15) is 18.0 Å². The Balaban J connectivity index is 1.31. The molecule has 3 aromatic rings. The fourth-order valence-electron chi connectivity index (χ4n) is 4.07. The summed E-state index contributed by atoms with van der Waals surface area (Å²) >= 11 is 0. The number of aromatic nitrogens is 6. The zero-order chi connectivity index (χ0) is 18.4. The fraction of sp³-hybridized carbons (Fsp3) is 0.389. The Labute approximate surface area is 155 Å². The third-order valence-corrected chi connectivity index (χ3v) is 5.46. The average Bonchev–Trinajstić information content (AvgIpc) is 3.40. The first-order valence-corrected chi connectivity index (χ1v) is 9.04. The molecule has 0 bridgehead atoms. The van der Waals surface area contributed by atoms with Gasteiger partial charge >= 0.3 is 0 Å². The first-order valence-electron chi connectivity index (χ1n) is 9.04. The number of anilines is 2. The molecule has 0 spiro atoms. The zero-order valence-electron chi connectivity index (χ0n) is 15.0. The van der Waals surface area contributed by atoms with E-state index in [-0.39, 0.29) is 5.56 Å². The van der Waals surface area contributed by atoms with Crippen LogP contribution in [0.4, 0.5) is 11.6 Å². The van der Waals surface area contributed by atoms with Crippen LogP contribution in [-0.4, -0.2) is 55.7 Å². The predicted octanol–water partition coefficient (Wildman–Crippen LogP) is 0.329. The van der Waals surface area contributed by atoms with Crippen LogP contribution < -0.4 is 15.4 Å². The Morgan fingerprint density at radius 1 is 0.963 bits per heavy atom. The topological polar surface area (TPSA) is 85.0 Å². The van der Waals surface area contributed by atoms with Gasteiger partial charge in [0, 0.05) is 69.6 Å². The molecule has 0 aromatic carbocycles. The van der Waals surface area contributed by atoms with Crippen LogP contribution in [0.1, 0.15) is 0 Å². The van der Waals surface area contributed by atoms with Crippen molar-refractivity contribution >= 4 is 11.6 Å². The molecule has 2 saturated heterocycles. The summed E-state index contributed by atoms with van der Waals surface area (Å²) in [5, 5.41) is 8.62. The van der Waals surface area contributed by atoms with E-state index in [2.05, 4.69) is 30.0 Å². The van der Waals surface area contributed by atoms with Crippen molar-refractivity contribution in [1.82, 2.24) is 29.5 Å². The van der Waals surface area contributed by atoms with Crippen LogP contribution >= 0.6 is 0 Å². The van der Waals surface area contributed by atoms with E-state index in [9.17, 15) is 4.79 Å². The highest BCUT2D eigenvalue weighted by Gasteiger charge is 2.41. The Bertz CT molecular complexity index is 1000. The normalized spacial score (nSPS) is 21.7. The van der Waals surface area contributed by atoms with Crippen LogP contribution in [0, 0.1) is 11.8 Å². The Morgan fingerprint density at radius 2 is 1.67 bits per heavy atom. The number of hydrogen-bond donors (Lipinski definition) is 0. The van der Waals surface area contributed by atoms with Crippen molar-refractivity contribution in [3.05, 3.63) is 53.3 Å². The molecule has 0 aliphatic carbocycles. The minimum atomic E-state index is -0.0823. The molecule has 9 nitrogen and oxygen atoms in total. The summed E-state index contributed by atoms with van der Waals surface area (Å²) in [6, 6.07) is 7.27. The molecule has 2 aliphatic rings. The molecule has 5 rings (SSSR count). The third-order valence-electron chi connectivity index (χ3n) is 5.46. The van der Waals surface area contributed by atoms with Crippen molar-refractivity contribution in [2.45, 2.75) is 0 Å². The number of fused-ring (bicyclic) bond motifs is 1. The van der Waals surface area contributed by atoms with E-state index in [1.165, 1.54) is 4.68 Å². The summed E-state index contributed by atoms with van der Waals surface area (Å²) in [5.74, 6) is 3.72. The maximum atomic E-state index is 11.6. The molecule has 2 aliphatic heterocycles. The molecule has 0 radical (unpaired) electrons. The lowest BCUT2D eigenvalue weighted by molar-refractivity contribution is 0.533. The van der Waals surface area contributed by atoms with Gasteiger partial charge in [-0.05, 0) is 12.1 Å². The van der Waals surface area contributed by atoms with Crippen LogP contribution in [0.3, 0.4) is 0 Å². The van der Waals surface area contributed by atoms with Crippen molar-refractivity contribution < 1.29 is 0 Å². The van der Waals surface area contributed by atoms with Gasteiger partial charge in [-0.1, -0.05) is 0 Å². The number of hydrogen-bond acceptors (Lipinski definition) is 7. The second-order valence-corrected chi connectivity index (χ2v) is 7.17. The van der Waals surface area contributed by atoms with Crippen molar-refractivity contribution in [2.24, 2.45) is 18.9 Å². The van der Waals surface area contributed by atoms with Crippen molar-refractivity contribution in [1.29, 1.82) is 0 Å². The maximum absolute atomic E-state index is 11.6. The third kappa shape index (κ3) is 2.84. The lowest BCUT2D eigenvalue weighted by Crippen LogP contribution is -2.31. The highest BCUT2D eigenvalue weighted by Crippen LogP contribution is 2.34. The van der Waals surface area contributed by atoms with Gasteiger partial charge in [0.2, 0.25) is 0 Å². The first kappa shape index (κ1) is 16.0. The van der Waals surface area contributed by atoms with E-state index in [0.717, 1.165) is 43.6 Å². The van der Waals surface area contributed by atoms with Gasteiger partial charge < -0.3 is 9.80 Å². The standard InChI is InChI=1S/C18H20N8O/c1-23-18(27)4-3-15(22-23)24-8-13-10-25(11-14(13)9-24)16-7-17(20-12-19-16)26-6-2-5-21-26/h2-7,12-14H,8-11H2,1H3. The Morgan fingerprint density at radius 3 is 2.33 bits per heavy atom.